The van der Waals surface area contributed by atoms with Crippen molar-refractivity contribution >= 4 is 38.2 Å². The van der Waals surface area contributed by atoms with Gasteiger partial charge in [-0.25, -0.2) is 18.4 Å². The fourth-order valence-corrected chi connectivity index (χ4v) is 4.92. The lowest BCUT2D eigenvalue weighted by Gasteiger charge is -2.33. The molecule has 0 unspecified atom stereocenters. The lowest BCUT2D eigenvalue weighted by Crippen LogP contribution is -2.37. The first-order chi connectivity index (χ1) is 14.4. The van der Waals surface area contributed by atoms with Gasteiger partial charge in [0, 0.05) is 32.0 Å². The quantitative estimate of drug-likeness (QED) is 0.597. The van der Waals surface area contributed by atoms with E-state index in [4.69, 9.17) is 0 Å². The van der Waals surface area contributed by atoms with Gasteiger partial charge in [-0.2, -0.15) is 0 Å². The summed E-state index contributed by atoms with van der Waals surface area (Å²) in [6.45, 7) is 1.78. The van der Waals surface area contributed by atoms with Gasteiger partial charge in [0.25, 0.3) is 0 Å². The second kappa shape index (κ2) is 8.43. The number of piperidine rings is 1. The van der Waals surface area contributed by atoms with Crippen LogP contribution in [0.2, 0.25) is 0 Å². The number of ketones is 1. The molecule has 0 aliphatic carbocycles. The van der Waals surface area contributed by atoms with E-state index in [0.29, 0.717) is 12.1 Å². The van der Waals surface area contributed by atoms with Crippen LogP contribution in [-0.4, -0.2) is 55.0 Å². The summed E-state index contributed by atoms with van der Waals surface area (Å²) in [7, 11) is -3.35. The number of para-hydroxylation sites is 1. The largest absolute Gasteiger partial charge is 0.377 e. The Labute approximate surface area is 175 Å². The summed E-state index contributed by atoms with van der Waals surface area (Å²) >= 11 is 0. The number of carbonyl (C=O) groups is 1. The Bertz CT molecular complexity index is 1160. The highest BCUT2D eigenvalue weighted by atomic mass is 32.2. The highest BCUT2D eigenvalue weighted by Gasteiger charge is 2.24. The molecule has 30 heavy (non-hydrogen) atoms. The van der Waals surface area contributed by atoms with E-state index < -0.39 is 9.84 Å². The first-order valence-electron chi connectivity index (χ1n) is 9.99. The molecular formula is C21H25N5O3S. The number of Topliss-reactive ketones (excluding diaryl/α,β-unsaturated/α-hetero) is 1. The van der Waals surface area contributed by atoms with E-state index in [2.05, 4.69) is 25.2 Å². The van der Waals surface area contributed by atoms with Crippen LogP contribution in [0.5, 0.6) is 0 Å². The fraction of sp³-hybridized carbons (Fsp3) is 0.381. The first-order valence-corrected chi connectivity index (χ1v) is 11.9. The minimum absolute atomic E-state index is 0.0691. The average Bonchev–Trinajstić information content (AvgIpc) is 3.21. The summed E-state index contributed by atoms with van der Waals surface area (Å²) in [6, 6.07) is 8.63. The number of anilines is 2. The number of nitrogens with one attached hydrogen (secondary N) is 2. The van der Waals surface area contributed by atoms with Crippen molar-refractivity contribution in [2.75, 3.05) is 36.1 Å². The smallest absolute Gasteiger partial charge is 0.177 e. The maximum Gasteiger partial charge on any atom is 0.177 e. The maximum absolute atomic E-state index is 12.6. The van der Waals surface area contributed by atoms with Crippen molar-refractivity contribution in [3.05, 3.63) is 42.9 Å². The monoisotopic (exact) mass is 427 g/mol. The molecule has 158 valence electrons. The Morgan fingerprint density at radius 3 is 2.93 bits per heavy atom. The topological polar surface area (TPSA) is 108 Å². The number of fused-ring (bicyclic) bond motifs is 1. The molecule has 0 amide bonds. The zero-order valence-corrected chi connectivity index (χ0v) is 17.7. The summed E-state index contributed by atoms with van der Waals surface area (Å²) in [6.07, 6.45) is 7.02. The number of benzene rings is 1. The molecule has 0 saturated carbocycles. The van der Waals surface area contributed by atoms with Crippen LogP contribution in [0.25, 0.3) is 11.0 Å². The van der Waals surface area contributed by atoms with Crippen molar-refractivity contribution in [2.45, 2.75) is 24.2 Å². The normalized spacial score (nSPS) is 17.2. The second-order valence-electron chi connectivity index (χ2n) is 7.76. The van der Waals surface area contributed by atoms with Crippen LogP contribution in [0.1, 0.15) is 19.3 Å². The number of hydrogen-bond acceptors (Lipinski definition) is 7. The van der Waals surface area contributed by atoms with Crippen molar-refractivity contribution in [1.29, 1.82) is 0 Å². The van der Waals surface area contributed by atoms with Gasteiger partial charge in [-0.3, -0.25) is 4.79 Å². The van der Waals surface area contributed by atoms with Crippen molar-refractivity contribution in [3.8, 4) is 0 Å². The van der Waals surface area contributed by atoms with E-state index in [1.165, 1.54) is 6.26 Å². The molecule has 1 aliphatic heterocycles. The fourth-order valence-electron chi connectivity index (χ4n) is 4.06. The molecule has 1 saturated heterocycles. The summed E-state index contributed by atoms with van der Waals surface area (Å²) in [5, 5.41) is 4.00. The number of nitrogens with zero attached hydrogens (tertiary/aromatic N) is 3. The van der Waals surface area contributed by atoms with E-state index >= 15 is 0 Å². The minimum Gasteiger partial charge on any atom is -0.377 e. The van der Waals surface area contributed by atoms with Crippen LogP contribution in [0.4, 0.5) is 11.5 Å². The van der Waals surface area contributed by atoms with Crippen LogP contribution in [0.15, 0.2) is 47.8 Å². The maximum atomic E-state index is 12.6. The van der Waals surface area contributed by atoms with Gasteiger partial charge in [-0.05, 0) is 37.0 Å². The molecule has 8 nitrogen and oxygen atoms in total. The molecule has 2 N–H and O–H groups in total. The van der Waals surface area contributed by atoms with Crippen molar-refractivity contribution in [1.82, 2.24) is 15.0 Å². The number of aromatic amines is 1. The number of rotatable bonds is 7. The number of aromatic nitrogens is 3. The Kier molecular flexibility index (Phi) is 5.72. The Morgan fingerprint density at radius 2 is 2.10 bits per heavy atom. The summed E-state index contributed by atoms with van der Waals surface area (Å²) < 4.78 is 23.8. The van der Waals surface area contributed by atoms with E-state index in [1.54, 1.807) is 30.6 Å². The highest BCUT2D eigenvalue weighted by Crippen LogP contribution is 2.28. The van der Waals surface area contributed by atoms with E-state index in [-0.39, 0.29) is 23.1 Å². The minimum atomic E-state index is -3.35. The molecule has 1 aliphatic rings. The molecule has 1 fully saturated rings. The Hall–Kier alpha value is -2.94. The van der Waals surface area contributed by atoms with Gasteiger partial charge in [-0.15, -0.1) is 0 Å². The molecular weight excluding hydrogens is 402 g/mol. The van der Waals surface area contributed by atoms with Gasteiger partial charge in [0.1, 0.15) is 17.8 Å². The zero-order valence-electron chi connectivity index (χ0n) is 16.8. The predicted molar refractivity (Wildman–Crippen MR) is 116 cm³/mol. The molecule has 0 radical (unpaired) electrons. The van der Waals surface area contributed by atoms with Crippen LogP contribution in [-0.2, 0) is 14.6 Å². The molecule has 2 aromatic heterocycles. The molecule has 3 aromatic rings. The van der Waals surface area contributed by atoms with Gasteiger partial charge in [0.05, 0.1) is 22.5 Å². The highest BCUT2D eigenvalue weighted by molar-refractivity contribution is 7.90. The van der Waals surface area contributed by atoms with Crippen LogP contribution >= 0.6 is 0 Å². The third-order valence-electron chi connectivity index (χ3n) is 5.43. The molecule has 4 rings (SSSR count). The molecule has 0 bridgehead atoms. The second-order valence-corrected chi connectivity index (χ2v) is 9.74. The summed E-state index contributed by atoms with van der Waals surface area (Å²) in [5.74, 6) is 1.21. The number of hydrogen-bond donors (Lipinski definition) is 2. The van der Waals surface area contributed by atoms with Crippen LogP contribution in [0, 0.1) is 5.92 Å². The summed E-state index contributed by atoms with van der Waals surface area (Å²) in [5.41, 5.74) is 1.28. The van der Waals surface area contributed by atoms with E-state index in [0.717, 1.165) is 42.8 Å². The molecule has 0 spiro atoms. The standard InChI is InChI=1S/C21H25N5O3S/c1-30(28,29)19-7-3-2-6-18(19)23-12-16(27)11-15-5-4-10-26(13-15)21-17-8-9-22-20(17)24-14-25-21/h2-3,6-9,14-15,23H,4-5,10-13H2,1H3,(H,22,24,25)/t15-/m0/s1. The number of carbonyl (C=O) groups excluding carboxylic acids is 1. The van der Waals surface area contributed by atoms with Crippen LogP contribution < -0.4 is 10.2 Å². The first kappa shape index (κ1) is 20.3. The predicted octanol–water partition coefficient (Wildman–Crippen LogP) is 2.65. The SMILES string of the molecule is CS(=O)(=O)c1ccccc1NCC(=O)C[C@@H]1CCCN(c2ncnc3[nH]ccc23)C1. The van der Waals surface area contributed by atoms with Crippen LogP contribution in [0.3, 0.4) is 0 Å². The third-order valence-corrected chi connectivity index (χ3v) is 6.59. The number of sulfone groups is 1. The molecule has 1 atom stereocenters. The lowest BCUT2D eigenvalue weighted by atomic mass is 9.92. The van der Waals surface area contributed by atoms with Crippen molar-refractivity contribution in [3.63, 3.8) is 0 Å². The van der Waals surface area contributed by atoms with Gasteiger partial charge in [0.15, 0.2) is 15.6 Å². The van der Waals surface area contributed by atoms with Gasteiger partial charge in [-0.1, -0.05) is 12.1 Å². The summed E-state index contributed by atoms with van der Waals surface area (Å²) in [4.78, 5) is 26.9. The zero-order chi connectivity index (χ0) is 21.1. The van der Waals surface area contributed by atoms with Gasteiger partial charge < -0.3 is 15.2 Å². The van der Waals surface area contributed by atoms with Gasteiger partial charge >= 0.3 is 0 Å². The Balaban J connectivity index is 1.38. The average molecular weight is 428 g/mol. The third kappa shape index (κ3) is 4.46. The molecule has 3 heterocycles. The van der Waals surface area contributed by atoms with E-state index in [9.17, 15) is 13.2 Å². The van der Waals surface area contributed by atoms with Gasteiger partial charge in [0.2, 0.25) is 0 Å². The van der Waals surface area contributed by atoms with E-state index in [1.807, 2.05) is 12.3 Å². The Morgan fingerprint density at radius 1 is 1.27 bits per heavy atom. The lowest BCUT2D eigenvalue weighted by molar-refractivity contribution is -0.118. The number of H-pyrrole nitrogens is 1. The van der Waals surface area contributed by atoms with Crippen molar-refractivity contribution < 1.29 is 13.2 Å². The van der Waals surface area contributed by atoms with Crippen molar-refractivity contribution in [2.24, 2.45) is 5.92 Å². The molecule has 9 heteroatoms. The molecule has 1 aromatic carbocycles.